The van der Waals surface area contributed by atoms with Crippen LogP contribution in [0, 0.1) is 18.3 Å². The van der Waals surface area contributed by atoms with Crippen LogP contribution in [0.5, 0.6) is 0 Å². The fraction of sp³-hybridized carbons (Fsp3) is 0.364. The normalized spacial score (nSPS) is 12.5. The van der Waals surface area contributed by atoms with Crippen molar-refractivity contribution in [2.45, 2.75) is 45.4 Å². The minimum atomic E-state index is -4.66. The number of alkyl halides is 3. The van der Waals surface area contributed by atoms with Gasteiger partial charge in [0.1, 0.15) is 17.5 Å². The lowest BCUT2D eigenvalue weighted by molar-refractivity contribution is -0.142. The molecule has 0 aliphatic rings. The summed E-state index contributed by atoms with van der Waals surface area (Å²) in [6.45, 7) is 9.62. The van der Waals surface area contributed by atoms with Gasteiger partial charge in [0.05, 0.1) is 17.8 Å². The summed E-state index contributed by atoms with van der Waals surface area (Å²) in [7, 11) is -1.25. The second-order valence-corrected chi connectivity index (χ2v) is 14.7. The number of halogens is 3. The summed E-state index contributed by atoms with van der Waals surface area (Å²) in [6.07, 6.45) is -4.66. The Kier molecular flexibility index (Phi) is 5.75. The fourth-order valence-electron chi connectivity index (χ4n) is 3.60. The number of para-hydroxylation sites is 1. The molecule has 0 bridgehead atoms. The molecule has 0 N–H and O–H groups in total. The van der Waals surface area contributed by atoms with Gasteiger partial charge in [0.15, 0.2) is 5.65 Å². The molecule has 0 aliphatic carbocycles. The van der Waals surface area contributed by atoms with Crippen molar-refractivity contribution >= 4 is 24.6 Å². The highest BCUT2D eigenvalue weighted by atomic mass is 28.3. The van der Waals surface area contributed by atoms with E-state index in [1.807, 2.05) is 25.1 Å². The van der Waals surface area contributed by atoms with Gasteiger partial charge in [-0.05, 0) is 30.7 Å². The van der Waals surface area contributed by atoms with Crippen LogP contribution >= 0.6 is 0 Å². The Morgan fingerprint density at radius 2 is 1.88 bits per heavy atom. The average molecular weight is 473 g/mol. The number of pyridine rings is 1. The summed E-state index contributed by atoms with van der Waals surface area (Å²) < 4.78 is 48.7. The molecule has 4 rings (SSSR count). The van der Waals surface area contributed by atoms with Crippen molar-refractivity contribution in [2.24, 2.45) is 0 Å². The summed E-state index contributed by atoms with van der Waals surface area (Å²) in [5, 5.41) is 18.5. The van der Waals surface area contributed by atoms with Crippen molar-refractivity contribution in [3.05, 3.63) is 53.1 Å². The van der Waals surface area contributed by atoms with E-state index < -0.39 is 19.9 Å². The summed E-state index contributed by atoms with van der Waals surface area (Å²) in [5.74, 6) is -0.351. The zero-order valence-corrected chi connectivity index (χ0v) is 19.7. The first kappa shape index (κ1) is 22.9. The minimum Gasteiger partial charge on any atom is -0.375 e. The van der Waals surface area contributed by atoms with E-state index in [1.54, 1.807) is 10.8 Å². The number of benzene rings is 1. The fourth-order valence-corrected chi connectivity index (χ4v) is 4.36. The van der Waals surface area contributed by atoms with E-state index in [2.05, 4.69) is 34.8 Å². The maximum Gasteiger partial charge on any atom is 0.433 e. The van der Waals surface area contributed by atoms with Gasteiger partial charge in [0.25, 0.3) is 5.82 Å². The molecule has 0 fully saturated rings. The van der Waals surface area contributed by atoms with E-state index in [1.165, 1.54) is 6.07 Å². The van der Waals surface area contributed by atoms with Crippen LogP contribution in [0.25, 0.3) is 22.2 Å². The molecule has 0 atom stereocenters. The number of rotatable bonds is 6. The predicted octanol–water partition coefficient (Wildman–Crippen LogP) is 5.12. The van der Waals surface area contributed by atoms with Gasteiger partial charge in [0.2, 0.25) is 0 Å². The SMILES string of the molecule is Cc1cccc2c(COCC[Si](C)(C)C)nn(-c3ccc(C(F)(F)F)n4nc(C#N)nc34)c12. The topological polar surface area (TPSA) is 81.0 Å². The molecule has 0 saturated heterocycles. The third kappa shape index (κ3) is 4.49. The molecule has 3 heterocycles. The molecule has 33 heavy (non-hydrogen) atoms. The van der Waals surface area contributed by atoms with Crippen LogP contribution in [0.3, 0.4) is 0 Å². The molecule has 0 unspecified atom stereocenters. The standard InChI is InChI=1S/C22H23F3N6OSi/c1-14-6-5-7-15-16(13-32-10-11-33(2,3)4)28-30(20(14)15)17-8-9-18(22(23,24)25)31-21(17)27-19(12-26)29-31/h5-9H,10-11,13H2,1-4H3. The Labute approximate surface area is 189 Å². The third-order valence-corrected chi connectivity index (χ3v) is 7.00. The van der Waals surface area contributed by atoms with Crippen molar-refractivity contribution in [1.82, 2.24) is 24.4 Å². The molecule has 0 spiro atoms. The lowest BCUT2D eigenvalue weighted by atomic mass is 10.1. The zero-order valence-electron chi connectivity index (χ0n) is 18.7. The molecule has 172 valence electrons. The van der Waals surface area contributed by atoms with Gasteiger partial charge in [-0.15, -0.1) is 5.10 Å². The van der Waals surface area contributed by atoms with Crippen LogP contribution in [0.1, 0.15) is 22.8 Å². The number of hydrogen-bond donors (Lipinski definition) is 0. The number of hydrogen-bond acceptors (Lipinski definition) is 5. The van der Waals surface area contributed by atoms with Crippen LogP contribution in [0.15, 0.2) is 30.3 Å². The average Bonchev–Trinajstić information content (AvgIpc) is 3.31. The third-order valence-electron chi connectivity index (χ3n) is 5.30. The molecular formula is C22H23F3N6OSi. The molecule has 4 aromatic rings. The second kappa shape index (κ2) is 8.28. The van der Waals surface area contributed by atoms with E-state index in [0.29, 0.717) is 22.5 Å². The summed E-state index contributed by atoms with van der Waals surface area (Å²) in [4.78, 5) is 4.03. The van der Waals surface area contributed by atoms with Crippen LogP contribution in [-0.4, -0.2) is 39.1 Å². The number of fused-ring (bicyclic) bond motifs is 2. The molecule has 3 aromatic heterocycles. The van der Waals surface area contributed by atoms with Crippen molar-refractivity contribution in [2.75, 3.05) is 6.61 Å². The number of aromatic nitrogens is 5. The first-order valence-corrected chi connectivity index (χ1v) is 14.1. The van der Waals surface area contributed by atoms with Crippen LogP contribution in [0.2, 0.25) is 25.7 Å². The minimum absolute atomic E-state index is 0.0970. The first-order chi connectivity index (χ1) is 15.5. The summed E-state index contributed by atoms with van der Waals surface area (Å²) >= 11 is 0. The van der Waals surface area contributed by atoms with E-state index in [9.17, 15) is 18.4 Å². The zero-order chi connectivity index (χ0) is 24.0. The molecule has 7 nitrogen and oxygen atoms in total. The molecular weight excluding hydrogens is 449 g/mol. The quantitative estimate of drug-likeness (QED) is 0.287. The summed E-state index contributed by atoms with van der Waals surface area (Å²) in [6, 6.07) is 10.7. The predicted molar refractivity (Wildman–Crippen MR) is 120 cm³/mol. The van der Waals surface area contributed by atoms with Gasteiger partial charge in [-0.3, -0.25) is 0 Å². The molecule has 0 radical (unpaired) electrons. The summed E-state index contributed by atoms with van der Waals surface area (Å²) in [5.41, 5.74) is 1.50. The van der Waals surface area contributed by atoms with E-state index in [-0.39, 0.29) is 18.1 Å². The Bertz CT molecular complexity index is 1380. The Morgan fingerprint density at radius 3 is 2.55 bits per heavy atom. The highest BCUT2D eigenvalue weighted by Crippen LogP contribution is 2.33. The highest BCUT2D eigenvalue weighted by Gasteiger charge is 2.35. The molecule has 0 amide bonds. The van der Waals surface area contributed by atoms with Gasteiger partial charge < -0.3 is 4.74 Å². The van der Waals surface area contributed by atoms with E-state index in [0.717, 1.165) is 28.6 Å². The molecule has 0 saturated carbocycles. The molecule has 0 aliphatic heterocycles. The highest BCUT2D eigenvalue weighted by molar-refractivity contribution is 6.76. The van der Waals surface area contributed by atoms with Crippen LogP contribution in [0.4, 0.5) is 13.2 Å². The maximum atomic E-state index is 13.5. The van der Waals surface area contributed by atoms with Gasteiger partial charge in [-0.25, -0.2) is 9.20 Å². The van der Waals surface area contributed by atoms with Crippen molar-refractivity contribution in [1.29, 1.82) is 5.26 Å². The van der Waals surface area contributed by atoms with E-state index in [4.69, 9.17) is 4.74 Å². The molecule has 11 heteroatoms. The van der Waals surface area contributed by atoms with Crippen molar-refractivity contribution in [3.63, 3.8) is 0 Å². The first-order valence-electron chi connectivity index (χ1n) is 10.4. The van der Waals surface area contributed by atoms with Crippen LogP contribution in [-0.2, 0) is 17.5 Å². The van der Waals surface area contributed by atoms with Crippen LogP contribution < -0.4 is 0 Å². The lowest BCUT2D eigenvalue weighted by Gasteiger charge is -2.14. The Balaban J connectivity index is 1.85. The Morgan fingerprint density at radius 1 is 1.12 bits per heavy atom. The monoisotopic (exact) mass is 472 g/mol. The largest absolute Gasteiger partial charge is 0.433 e. The van der Waals surface area contributed by atoms with Gasteiger partial charge in [-0.1, -0.05) is 37.8 Å². The smallest absolute Gasteiger partial charge is 0.375 e. The number of aryl methyl sites for hydroxylation is 1. The van der Waals surface area contributed by atoms with Gasteiger partial charge >= 0.3 is 6.18 Å². The van der Waals surface area contributed by atoms with Crippen molar-refractivity contribution in [3.8, 4) is 11.8 Å². The number of ether oxygens (including phenoxy) is 1. The second-order valence-electron chi connectivity index (χ2n) is 9.08. The molecule has 1 aromatic carbocycles. The number of nitrogens with zero attached hydrogens (tertiary/aromatic N) is 6. The lowest BCUT2D eigenvalue weighted by Crippen LogP contribution is -2.21. The van der Waals surface area contributed by atoms with Gasteiger partial charge in [-0.2, -0.15) is 28.5 Å². The van der Waals surface area contributed by atoms with Crippen molar-refractivity contribution < 1.29 is 17.9 Å². The van der Waals surface area contributed by atoms with Gasteiger partial charge in [0, 0.05) is 20.1 Å². The Hall–Kier alpha value is -3.23. The number of nitriles is 1. The van der Waals surface area contributed by atoms with E-state index >= 15 is 0 Å². The maximum absolute atomic E-state index is 13.5.